The largest absolute Gasteiger partial charge is 0.410 e. The minimum atomic E-state index is -2.08. The number of aliphatic hydroxyl groups is 1. The first-order valence-electron chi connectivity index (χ1n) is 14.0. The molecule has 1 saturated heterocycles. The highest BCUT2D eigenvalue weighted by Crippen LogP contribution is 2.45. The van der Waals surface area contributed by atoms with Gasteiger partial charge in [-0.1, -0.05) is 52.0 Å². The summed E-state index contributed by atoms with van der Waals surface area (Å²) in [5, 5.41) is 11.3. The first-order chi connectivity index (χ1) is 17.9. The Morgan fingerprint density at radius 2 is 2.03 bits per heavy atom. The molecule has 2 fully saturated rings. The summed E-state index contributed by atoms with van der Waals surface area (Å²) in [7, 11) is -2.08. The summed E-state index contributed by atoms with van der Waals surface area (Å²) in [6, 6.07) is 5.29. The van der Waals surface area contributed by atoms with Crippen molar-refractivity contribution >= 4 is 24.2 Å². The lowest BCUT2D eigenvalue weighted by atomic mass is 9.85. The monoisotopic (exact) mass is 608 g/mol. The number of aliphatic hydroxyl groups excluding tert-OH is 1. The van der Waals surface area contributed by atoms with Crippen LogP contribution in [-0.2, 0) is 13.9 Å². The van der Waals surface area contributed by atoms with Crippen LogP contribution in [0.4, 0.5) is 4.39 Å². The van der Waals surface area contributed by atoms with E-state index in [2.05, 4.69) is 80.7 Å². The minimum absolute atomic E-state index is 0.0603. The molecule has 1 N–H and O–H groups in total. The van der Waals surface area contributed by atoms with Gasteiger partial charge in [-0.05, 0) is 77.8 Å². The van der Waals surface area contributed by atoms with E-state index in [9.17, 15) is 5.11 Å². The zero-order chi connectivity index (χ0) is 28.1. The van der Waals surface area contributed by atoms with Crippen LogP contribution in [0.1, 0.15) is 78.2 Å². The van der Waals surface area contributed by atoms with E-state index in [-0.39, 0.29) is 41.2 Å². The first kappa shape index (κ1) is 31.5. The molecule has 1 aromatic rings. The van der Waals surface area contributed by atoms with Gasteiger partial charge in [0, 0.05) is 31.3 Å². The molecule has 0 bridgehead atoms. The molecule has 1 aliphatic heterocycles. The molecule has 7 atom stereocenters. The van der Waals surface area contributed by atoms with Crippen molar-refractivity contribution in [3.05, 3.63) is 46.2 Å². The van der Waals surface area contributed by atoms with E-state index in [1.807, 2.05) is 13.0 Å². The van der Waals surface area contributed by atoms with E-state index in [0.29, 0.717) is 23.1 Å². The van der Waals surface area contributed by atoms with Crippen molar-refractivity contribution in [3.63, 3.8) is 0 Å². The van der Waals surface area contributed by atoms with Gasteiger partial charge in [-0.25, -0.2) is 4.39 Å². The Morgan fingerprint density at radius 3 is 2.66 bits per heavy atom. The van der Waals surface area contributed by atoms with Crippen molar-refractivity contribution in [1.29, 1.82) is 0 Å². The number of halogens is 2. The molecular weight excluding hydrogens is 563 g/mol. The van der Waals surface area contributed by atoms with E-state index in [1.54, 1.807) is 12.1 Å². The highest BCUT2D eigenvalue weighted by Gasteiger charge is 2.45. The smallest absolute Gasteiger partial charge is 0.192 e. The molecule has 1 aromatic carbocycles. The predicted molar refractivity (Wildman–Crippen MR) is 158 cm³/mol. The van der Waals surface area contributed by atoms with E-state index < -0.39 is 20.3 Å². The summed E-state index contributed by atoms with van der Waals surface area (Å²) in [5.74, 6) is 5.42. The van der Waals surface area contributed by atoms with Gasteiger partial charge in [-0.3, -0.25) is 0 Å². The van der Waals surface area contributed by atoms with Gasteiger partial charge in [0.05, 0.1) is 22.8 Å². The highest BCUT2D eigenvalue weighted by atomic mass is 79.9. The number of hydrogen-bond donors (Lipinski definition) is 1. The second-order valence-corrected chi connectivity index (χ2v) is 18.0. The molecular formula is C31H46BrFO4Si. The third kappa shape index (κ3) is 7.80. The van der Waals surface area contributed by atoms with Crippen LogP contribution in [0.5, 0.6) is 0 Å². The van der Waals surface area contributed by atoms with Gasteiger partial charge in [0.2, 0.25) is 0 Å². The maximum Gasteiger partial charge on any atom is 0.192 e. The summed E-state index contributed by atoms with van der Waals surface area (Å²) < 4.78 is 34.9. The summed E-state index contributed by atoms with van der Waals surface area (Å²) >= 11 is 3.33. The van der Waals surface area contributed by atoms with E-state index in [1.165, 1.54) is 0 Å². The van der Waals surface area contributed by atoms with Crippen molar-refractivity contribution < 1.29 is 23.4 Å². The third-order valence-corrected chi connectivity index (χ3v) is 13.5. The first-order valence-corrected chi connectivity index (χ1v) is 17.7. The Balaban J connectivity index is 1.97. The molecule has 1 saturated carbocycles. The van der Waals surface area contributed by atoms with Gasteiger partial charge < -0.3 is 19.0 Å². The number of hydrogen-bond acceptors (Lipinski definition) is 4. The summed E-state index contributed by atoms with van der Waals surface area (Å²) in [6.45, 7) is 16.0. The predicted octanol–water partition coefficient (Wildman–Crippen LogP) is 7.96. The summed E-state index contributed by atoms with van der Waals surface area (Å²) in [6.07, 6.45) is 6.88. The van der Waals surface area contributed by atoms with Gasteiger partial charge in [0.1, 0.15) is 5.82 Å². The summed E-state index contributed by atoms with van der Waals surface area (Å²) in [4.78, 5) is 0. The summed E-state index contributed by atoms with van der Waals surface area (Å²) in [5.41, 5.74) is 0.504. The molecule has 212 valence electrons. The van der Waals surface area contributed by atoms with Crippen LogP contribution in [0.25, 0.3) is 0 Å². The fourth-order valence-electron chi connectivity index (χ4n) is 5.10. The van der Waals surface area contributed by atoms with Gasteiger partial charge >= 0.3 is 0 Å². The molecule has 4 nitrogen and oxygen atoms in total. The molecule has 2 aliphatic rings. The van der Waals surface area contributed by atoms with Crippen molar-refractivity contribution in [2.45, 2.75) is 115 Å². The van der Waals surface area contributed by atoms with Crippen molar-refractivity contribution in [2.24, 2.45) is 11.8 Å². The Hall–Kier alpha value is -1.01. The highest BCUT2D eigenvalue weighted by molar-refractivity contribution is 9.10. The SMILES string of the molecule is CC#CCC(C)C(/C=C/[C@@H]1[C@@H](c2cccc(Br)c2F)[C@@H](O)C[C@H]1OC1CCCCO1)O[Si](C)(C)C(C)(C)C. The fraction of sp³-hybridized carbons (Fsp3) is 0.677. The maximum atomic E-state index is 15.3. The standard InChI is InChI=1S/C31H46BrFO4Si/c1-8-9-13-21(2)26(37-38(6,7)31(3,4)5)18-17-22-27(36-28-16-10-11-19-35-28)20-25(34)29(22)23-14-12-15-24(32)30(23)33/h12,14-15,17-18,21-22,25-29,34H,10-11,13,16,19-20H2,1-7H3/b18-17+/t21?,22-,25-,26?,27+,28?,29-/m0/s1. The molecule has 7 heteroatoms. The van der Waals surface area contributed by atoms with Crippen LogP contribution >= 0.6 is 15.9 Å². The lowest BCUT2D eigenvalue weighted by molar-refractivity contribution is -0.192. The van der Waals surface area contributed by atoms with Crippen LogP contribution in [-0.4, -0.2) is 44.6 Å². The molecule has 1 aliphatic carbocycles. The quantitative estimate of drug-likeness (QED) is 0.175. The molecule has 0 spiro atoms. The Morgan fingerprint density at radius 1 is 1.29 bits per heavy atom. The van der Waals surface area contributed by atoms with Crippen LogP contribution in [0.3, 0.4) is 0 Å². The minimum Gasteiger partial charge on any atom is -0.410 e. The maximum absolute atomic E-state index is 15.3. The van der Waals surface area contributed by atoms with E-state index in [4.69, 9.17) is 13.9 Å². The average Bonchev–Trinajstić information content (AvgIpc) is 3.15. The van der Waals surface area contributed by atoms with Crippen molar-refractivity contribution in [1.82, 2.24) is 0 Å². The van der Waals surface area contributed by atoms with Crippen LogP contribution < -0.4 is 0 Å². The second-order valence-electron chi connectivity index (χ2n) is 12.4. The van der Waals surface area contributed by atoms with Crippen molar-refractivity contribution in [2.75, 3.05) is 6.61 Å². The average molecular weight is 610 g/mol. The Bertz CT molecular complexity index is 1010. The Kier molecular flexibility index (Phi) is 11.2. The Labute approximate surface area is 239 Å². The molecule has 0 aromatic heterocycles. The molecule has 0 amide bonds. The van der Waals surface area contributed by atoms with Crippen LogP contribution in [0, 0.1) is 29.5 Å². The second kappa shape index (κ2) is 13.6. The van der Waals surface area contributed by atoms with E-state index >= 15 is 4.39 Å². The van der Waals surface area contributed by atoms with Gasteiger partial charge in [0.25, 0.3) is 0 Å². The zero-order valence-electron chi connectivity index (χ0n) is 24.1. The van der Waals surface area contributed by atoms with Crippen molar-refractivity contribution in [3.8, 4) is 11.8 Å². The molecule has 3 rings (SSSR count). The number of rotatable bonds is 9. The lowest BCUT2D eigenvalue weighted by Gasteiger charge is -2.40. The number of benzene rings is 1. The zero-order valence-corrected chi connectivity index (χ0v) is 26.7. The topological polar surface area (TPSA) is 47.9 Å². The molecule has 38 heavy (non-hydrogen) atoms. The normalized spacial score (nSPS) is 28.2. The fourth-order valence-corrected chi connectivity index (χ4v) is 6.83. The van der Waals surface area contributed by atoms with Gasteiger partial charge in [0.15, 0.2) is 14.6 Å². The van der Waals surface area contributed by atoms with Crippen LogP contribution in [0.2, 0.25) is 18.1 Å². The van der Waals surface area contributed by atoms with E-state index in [0.717, 1.165) is 25.7 Å². The lowest BCUT2D eigenvalue weighted by Crippen LogP contribution is -2.45. The third-order valence-electron chi connectivity index (χ3n) is 8.46. The number of ether oxygens (including phenoxy) is 2. The van der Waals surface area contributed by atoms with Gasteiger partial charge in [-0.2, -0.15) is 0 Å². The molecule has 1 heterocycles. The van der Waals surface area contributed by atoms with Gasteiger partial charge in [-0.15, -0.1) is 11.8 Å². The molecule has 0 radical (unpaired) electrons. The van der Waals surface area contributed by atoms with Crippen LogP contribution in [0.15, 0.2) is 34.8 Å². The molecule has 3 unspecified atom stereocenters.